The van der Waals surface area contributed by atoms with E-state index >= 15 is 0 Å². The van der Waals surface area contributed by atoms with Gasteiger partial charge in [-0.2, -0.15) is 0 Å². The van der Waals surface area contributed by atoms with Crippen LogP contribution >= 0.6 is 11.6 Å². The molecule has 98 valence electrons. The van der Waals surface area contributed by atoms with E-state index in [2.05, 4.69) is 15.0 Å². The number of hydrogen-bond acceptors (Lipinski definition) is 5. The number of rotatable bonds is 7. The maximum absolute atomic E-state index is 11.3. The summed E-state index contributed by atoms with van der Waals surface area (Å²) in [5.74, 6) is -0.303. The molecule has 0 saturated carbocycles. The summed E-state index contributed by atoms with van der Waals surface area (Å²) < 4.78 is 9.94. The van der Waals surface area contributed by atoms with Gasteiger partial charge in [0, 0.05) is 19.5 Å². The zero-order valence-electron chi connectivity index (χ0n) is 10.6. The molecule has 0 rings (SSSR count). The molecule has 0 fully saturated rings. The first-order valence-corrected chi connectivity index (χ1v) is 5.53. The lowest BCUT2D eigenvalue weighted by Crippen LogP contribution is -2.31. The van der Waals surface area contributed by atoms with E-state index in [1.165, 1.54) is 13.3 Å². The molecule has 0 spiro atoms. The number of aliphatic imine (C=N–C) groups is 1. The molecule has 17 heavy (non-hydrogen) atoms. The van der Waals surface area contributed by atoms with E-state index < -0.39 is 5.41 Å². The number of esters is 1. The second kappa shape index (κ2) is 8.08. The van der Waals surface area contributed by atoms with E-state index in [4.69, 9.17) is 16.3 Å². The molecule has 0 aliphatic rings. The van der Waals surface area contributed by atoms with Crippen LogP contribution in [-0.4, -0.2) is 39.6 Å². The molecule has 0 aliphatic carbocycles. The Balaban J connectivity index is 3.93. The second-order valence-electron chi connectivity index (χ2n) is 3.96. The van der Waals surface area contributed by atoms with Crippen LogP contribution in [0.25, 0.3) is 0 Å². The van der Waals surface area contributed by atoms with Crippen molar-refractivity contribution in [2.75, 3.05) is 27.4 Å². The zero-order chi connectivity index (χ0) is 13.3. The third-order valence-corrected chi connectivity index (χ3v) is 2.08. The Morgan fingerprint density at radius 2 is 2.18 bits per heavy atom. The summed E-state index contributed by atoms with van der Waals surface area (Å²) in [4.78, 5) is 15.2. The standard InChI is InChI=1S/C11H19ClN2O3/c1-11(2,10(15)16-4)8-17-6-5-14-9(12)7-13-3/h5,7,13H,6,8H2,1-4H3/b9-7-,14-5-. The number of carbonyl (C=O) groups excluding carboxylic acids is 1. The van der Waals surface area contributed by atoms with Crippen molar-refractivity contribution < 1.29 is 14.3 Å². The Bertz CT molecular complexity index is 301. The van der Waals surface area contributed by atoms with Crippen LogP contribution < -0.4 is 5.32 Å². The van der Waals surface area contributed by atoms with Crippen LogP contribution in [0, 0.1) is 5.41 Å². The van der Waals surface area contributed by atoms with E-state index in [0.717, 1.165) is 0 Å². The molecule has 0 atom stereocenters. The molecule has 1 N–H and O–H groups in total. The lowest BCUT2D eigenvalue weighted by molar-refractivity contribution is -0.153. The van der Waals surface area contributed by atoms with Crippen molar-refractivity contribution in [3.05, 3.63) is 11.4 Å². The molecular formula is C11H19ClN2O3. The van der Waals surface area contributed by atoms with Gasteiger partial charge in [0.1, 0.15) is 5.16 Å². The summed E-state index contributed by atoms with van der Waals surface area (Å²) in [6, 6.07) is 0. The van der Waals surface area contributed by atoms with Crippen LogP contribution in [-0.2, 0) is 14.3 Å². The van der Waals surface area contributed by atoms with Gasteiger partial charge in [-0.15, -0.1) is 0 Å². The molecule has 0 aromatic carbocycles. The number of ether oxygens (including phenoxy) is 2. The predicted molar refractivity (Wildman–Crippen MR) is 68.1 cm³/mol. The first-order valence-electron chi connectivity index (χ1n) is 5.15. The van der Waals surface area contributed by atoms with Gasteiger partial charge in [0.25, 0.3) is 0 Å². The van der Waals surface area contributed by atoms with Crippen LogP contribution in [0.5, 0.6) is 0 Å². The fourth-order valence-corrected chi connectivity index (χ4v) is 1.16. The highest BCUT2D eigenvalue weighted by Gasteiger charge is 2.28. The Morgan fingerprint density at radius 3 is 2.71 bits per heavy atom. The maximum Gasteiger partial charge on any atom is 0.313 e. The van der Waals surface area contributed by atoms with E-state index in [1.807, 2.05) is 0 Å². The molecule has 5 nitrogen and oxygen atoms in total. The van der Waals surface area contributed by atoms with Gasteiger partial charge in [-0.25, -0.2) is 4.99 Å². The molecule has 0 saturated heterocycles. The van der Waals surface area contributed by atoms with Gasteiger partial charge in [-0.1, -0.05) is 11.6 Å². The summed E-state index contributed by atoms with van der Waals surface area (Å²) in [7, 11) is 3.08. The molecule has 6 heteroatoms. The van der Waals surface area contributed by atoms with Gasteiger partial charge in [-0.05, 0) is 13.8 Å². The normalized spacial score (nSPS) is 12.9. The quantitative estimate of drug-likeness (QED) is 0.327. The van der Waals surface area contributed by atoms with Gasteiger partial charge in [-0.3, -0.25) is 4.79 Å². The number of nitrogens with zero attached hydrogens (tertiary/aromatic N) is 1. The van der Waals surface area contributed by atoms with E-state index in [9.17, 15) is 4.79 Å². The minimum absolute atomic E-state index is 0.263. The van der Waals surface area contributed by atoms with Gasteiger partial charge in [0.2, 0.25) is 0 Å². The lowest BCUT2D eigenvalue weighted by Gasteiger charge is -2.20. The summed E-state index contributed by atoms with van der Waals surface area (Å²) >= 11 is 5.69. The highest BCUT2D eigenvalue weighted by atomic mass is 35.5. The predicted octanol–water partition coefficient (Wildman–Crippen LogP) is 1.53. The average Bonchev–Trinajstić information content (AvgIpc) is 2.27. The number of carbonyl (C=O) groups is 1. The summed E-state index contributed by atoms with van der Waals surface area (Å²) in [5.41, 5.74) is -0.660. The highest BCUT2D eigenvalue weighted by molar-refractivity contribution is 6.29. The van der Waals surface area contributed by atoms with Crippen LogP contribution in [0.4, 0.5) is 0 Å². The van der Waals surface area contributed by atoms with Crippen molar-refractivity contribution in [3.63, 3.8) is 0 Å². The number of hydrogen-bond donors (Lipinski definition) is 1. The lowest BCUT2D eigenvalue weighted by atomic mass is 9.95. The molecule has 0 amide bonds. The van der Waals surface area contributed by atoms with Crippen molar-refractivity contribution in [1.82, 2.24) is 5.32 Å². The van der Waals surface area contributed by atoms with Crippen LogP contribution in [0.2, 0.25) is 0 Å². The highest BCUT2D eigenvalue weighted by Crippen LogP contribution is 2.16. The Labute approximate surface area is 107 Å². The molecule has 0 bridgehead atoms. The topological polar surface area (TPSA) is 59.9 Å². The first kappa shape index (κ1) is 15.9. The van der Waals surface area contributed by atoms with Crippen LogP contribution in [0.1, 0.15) is 13.8 Å². The van der Waals surface area contributed by atoms with E-state index in [0.29, 0.717) is 5.16 Å². The number of methoxy groups -OCH3 is 1. The zero-order valence-corrected chi connectivity index (χ0v) is 11.4. The van der Waals surface area contributed by atoms with E-state index in [-0.39, 0.29) is 19.2 Å². The van der Waals surface area contributed by atoms with Crippen LogP contribution in [0.15, 0.2) is 16.3 Å². The maximum atomic E-state index is 11.3. The van der Waals surface area contributed by atoms with Crippen molar-refractivity contribution in [3.8, 4) is 0 Å². The van der Waals surface area contributed by atoms with Crippen molar-refractivity contribution >= 4 is 23.8 Å². The first-order chi connectivity index (χ1) is 7.94. The molecular weight excluding hydrogens is 244 g/mol. The SMILES string of the molecule is CN/C=C(Cl)\N=C/COCC(C)(C)C(=O)OC. The smallest absolute Gasteiger partial charge is 0.313 e. The molecule has 0 aromatic heterocycles. The van der Waals surface area contributed by atoms with Crippen molar-refractivity contribution in [2.24, 2.45) is 10.4 Å². The van der Waals surface area contributed by atoms with Gasteiger partial charge in [0.05, 0.1) is 25.7 Å². The number of nitrogens with one attached hydrogen (secondary N) is 1. The second-order valence-corrected chi connectivity index (χ2v) is 4.35. The molecule has 0 heterocycles. The minimum atomic E-state index is -0.660. The largest absolute Gasteiger partial charge is 0.469 e. The van der Waals surface area contributed by atoms with Gasteiger partial charge in [0.15, 0.2) is 0 Å². The third-order valence-electron chi connectivity index (χ3n) is 1.87. The monoisotopic (exact) mass is 262 g/mol. The van der Waals surface area contributed by atoms with Crippen molar-refractivity contribution in [1.29, 1.82) is 0 Å². The van der Waals surface area contributed by atoms with Gasteiger partial charge < -0.3 is 14.8 Å². The summed E-state index contributed by atoms with van der Waals surface area (Å²) in [6.07, 6.45) is 3.08. The fraction of sp³-hybridized carbons (Fsp3) is 0.636. The molecule has 0 aliphatic heterocycles. The number of halogens is 1. The fourth-order valence-electron chi connectivity index (χ4n) is 0.983. The third kappa shape index (κ3) is 6.97. The Kier molecular flexibility index (Phi) is 7.58. The van der Waals surface area contributed by atoms with Crippen molar-refractivity contribution in [2.45, 2.75) is 13.8 Å². The summed E-state index contributed by atoms with van der Waals surface area (Å²) in [5, 5.41) is 3.08. The Hall–Kier alpha value is -1.07. The Morgan fingerprint density at radius 1 is 1.53 bits per heavy atom. The minimum Gasteiger partial charge on any atom is -0.469 e. The molecule has 0 aromatic rings. The summed E-state index contributed by atoms with van der Waals surface area (Å²) in [6.45, 7) is 4.06. The van der Waals surface area contributed by atoms with Crippen LogP contribution in [0.3, 0.4) is 0 Å². The van der Waals surface area contributed by atoms with Gasteiger partial charge >= 0.3 is 5.97 Å². The van der Waals surface area contributed by atoms with E-state index in [1.54, 1.807) is 27.1 Å². The average molecular weight is 263 g/mol. The molecule has 0 unspecified atom stereocenters. The molecule has 0 radical (unpaired) electrons.